The second-order valence-electron chi connectivity index (χ2n) is 5.97. The summed E-state index contributed by atoms with van der Waals surface area (Å²) in [6, 6.07) is 5.39. The Bertz CT molecular complexity index is 723. The lowest BCUT2D eigenvalue weighted by atomic mass is 10.1. The van der Waals surface area contributed by atoms with Crippen molar-refractivity contribution in [2.75, 3.05) is 31.1 Å². The molecule has 0 radical (unpaired) electrons. The van der Waals surface area contributed by atoms with E-state index in [1.165, 1.54) is 25.1 Å². The molecule has 1 fully saturated rings. The largest absolute Gasteiger partial charge is 0.465 e. The maximum Gasteiger partial charge on any atom is 0.406 e. The third kappa shape index (κ3) is 5.41. The van der Waals surface area contributed by atoms with Crippen LogP contribution in [0.3, 0.4) is 0 Å². The summed E-state index contributed by atoms with van der Waals surface area (Å²) in [5, 5.41) is 0. The highest BCUT2D eigenvalue weighted by Crippen LogP contribution is 2.29. The highest BCUT2D eigenvalue weighted by molar-refractivity contribution is 6.00. The number of esters is 1. The van der Waals surface area contributed by atoms with E-state index < -0.39 is 48.8 Å². The van der Waals surface area contributed by atoms with Gasteiger partial charge in [-0.05, 0) is 19.1 Å². The summed E-state index contributed by atoms with van der Waals surface area (Å²) in [6.07, 6.45) is -5.10. The average molecular weight is 390 g/mol. The lowest BCUT2D eigenvalue weighted by Gasteiger charge is -2.25. The van der Waals surface area contributed by atoms with Gasteiger partial charge in [0.05, 0.1) is 18.2 Å². The van der Waals surface area contributed by atoms with E-state index in [1.807, 2.05) is 0 Å². The second-order valence-corrected chi connectivity index (χ2v) is 5.97. The molecule has 0 aliphatic carbocycles. The smallest absolute Gasteiger partial charge is 0.406 e. The summed E-state index contributed by atoms with van der Waals surface area (Å²) in [5.74, 6) is -4.37. The normalized spacial score (nSPS) is 17.1. The van der Waals surface area contributed by atoms with Crippen LogP contribution in [0.25, 0.3) is 0 Å². The molecule has 27 heavy (non-hydrogen) atoms. The van der Waals surface area contributed by atoms with E-state index in [9.17, 15) is 31.9 Å². The molecule has 1 saturated heterocycles. The minimum Gasteiger partial charge on any atom is -0.465 e. The summed E-state index contributed by atoms with van der Waals surface area (Å²) < 4.78 is 56.8. The molecule has 1 aliphatic rings. The molecule has 2 rings (SSSR count). The first-order valence-electron chi connectivity index (χ1n) is 8.18. The zero-order chi connectivity index (χ0) is 20.2. The third-order valence-corrected chi connectivity index (χ3v) is 3.92. The zero-order valence-electron chi connectivity index (χ0n) is 14.5. The van der Waals surface area contributed by atoms with Crippen molar-refractivity contribution in [3.05, 3.63) is 30.1 Å². The minimum atomic E-state index is -4.73. The summed E-state index contributed by atoms with van der Waals surface area (Å²) >= 11 is 0. The summed E-state index contributed by atoms with van der Waals surface area (Å²) in [5.41, 5.74) is -0.0504. The Morgan fingerprint density at radius 2 is 1.96 bits per heavy atom. The van der Waals surface area contributed by atoms with Crippen LogP contribution in [0.1, 0.15) is 13.3 Å². The van der Waals surface area contributed by atoms with E-state index >= 15 is 0 Å². The monoisotopic (exact) mass is 390 g/mol. The Morgan fingerprint density at radius 1 is 1.30 bits per heavy atom. The quantitative estimate of drug-likeness (QED) is 0.551. The van der Waals surface area contributed by atoms with Crippen LogP contribution in [-0.4, -0.2) is 55.1 Å². The van der Waals surface area contributed by atoms with E-state index in [0.717, 1.165) is 11.0 Å². The number of anilines is 1. The highest BCUT2D eigenvalue weighted by atomic mass is 19.4. The number of para-hydroxylation sites is 1. The molecule has 1 heterocycles. The van der Waals surface area contributed by atoms with Crippen molar-refractivity contribution in [3.8, 4) is 0 Å². The molecule has 2 amide bonds. The van der Waals surface area contributed by atoms with Crippen LogP contribution in [0.5, 0.6) is 0 Å². The van der Waals surface area contributed by atoms with Gasteiger partial charge in [0, 0.05) is 13.0 Å². The van der Waals surface area contributed by atoms with Gasteiger partial charge in [-0.15, -0.1) is 0 Å². The van der Waals surface area contributed by atoms with Gasteiger partial charge >= 0.3 is 12.1 Å². The Morgan fingerprint density at radius 3 is 2.56 bits per heavy atom. The Labute approximate surface area is 152 Å². The molecule has 0 N–H and O–H groups in total. The molecule has 0 bridgehead atoms. The maximum absolute atomic E-state index is 13.9. The van der Waals surface area contributed by atoms with Gasteiger partial charge in [0.1, 0.15) is 18.9 Å². The highest BCUT2D eigenvalue weighted by Gasteiger charge is 2.41. The third-order valence-electron chi connectivity index (χ3n) is 3.92. The van der Waals surface area contributed by atoms with Crippen molar-refractivity contribution < 1.29 is 36.7 Å². The van der Waals surface area contributed by atoms with Crippen molar-refractivity contribution in [2.45, 2.75) is 19.5 Å². The number of carbonyl (C=O) groups excluding carboxylic acids is 3. The van der Waals surface area contributed by atoms with Crippen molar-refractivity contribution in [1.29, 1.82) is 0 Å². The standard InChI is InChI=1S/C17H18F4N2O4/c1-2-27-15(25)9-22(10-17(19,20)21)16(26)11-7-14(24)23(8-11)13-6-4-3-5-12(13)18/h3-6,11H,2,7-10H2,1H3. The predicted octanol–water partition coefficient (Wildman–Crippen LogP) is 2.13. The number of halogens is 4. The average Bonchev–Trinajstić information content (AvgIpc) is 2.94. The van der Waals surface area contributed by atoms with E-state index in [0.29, 0.717) is 4.90 Å². The number of hydrogen-bond acceptors (Lipinski definition) is 4. The van der Waals surface area contributed by atoms with Gasteiger partial charge in [-0.2, -0.15) is 13.2 Å². The summed E-state index contributed by atoms with van der Waals surface area (Å²) in [6.45, 7) is -1.35. The van der Waals surface area contributed by atoms with Crippen LogP contribution >= 0.6 is 0 Å². The first-order chi connectivity index (χ1) is 12.6. The van der Waals surface area contributed by atoms with Gasteiger partial charge in [-0.3, -0.25) is 14.4 Å². The fourth-order valence-electron chi connectivity index (χ4n) is 2.83. The van der Waals surface area contributed by atoms with Crippen molar-refractivity contribution in [1.82, 2.24) is 4.90 Å². The fraction of sp³-hybridized carbons (Fsp3) is 0.471. The Hall–Kier alpha value is -2.65. The molecule has 1 aliphatic heterocycles. The number of benzene rings is 1. The number of carbonyl (C=O) groups is 3. The predicted molar refractivity (Wildman–Crippen MR) is 86.1 cm³/mol. The number of hydrogen-bond donors (Lipinski definition) is 0. The summed E-state index contributed by atoms with van der Waals surface area (Å²) in [4.78, 5) is 37.5. The minimum absolute atomic E-state index is 0.0458. The molecule has 6 nitrogen and oxygen atoms in total. The van der Waals surface area contributed by atoms with Gasteiger partial charge in [-0.25, -0.2) is 4.39 Å². The van der Waals surface area contributed by atoms with Gasteiger partial charge in [-0.1, -0.05) is 12.1 Å². The molecule has 10 heteroatoms. The Balaban J connectivity index is 2.16. The lowest BCUT2D eigenvalue weighted by Crippen LogP contribution is -2.45. The van der Waals surface area contributed by atoms with E-state index in [4.69, 9.17) is 0 Å². The van der Waals surface area contributed by atoms with Crippen LogP contribution < -0.4 is 4.90 Å². The fourth-order valence-corrected chi connectivity index (χ4v) is 2.83. The van der Waals surface area contributed by atoms with Gasteiger partial charge in [0.15, 0.2) is 0 Å². The summed E-state index contributed by atoms with van der Waals surface area (Å²) in [7, 11) is 0. The van der Waals surface area contributed by atoms with Crippen LogP contribution in [0.2, 0.25) is 0 Å². The molecule has 0 spiro atoms. The topological polar surface area (TPSA) is 66.9 Å². The molecule has 1 aromatic rings. The maximum atomic E-state index is 13.9. The van der Waals surface area contributed by atoms with E-state index in [2.05, 4.69) is 4.74 Å². The van der Waals surface area contributed by atoms with Crippen molar-refractivity contribution in [3.63, 3.8) is 0 Å². The number of alkyl halides is 3. The Kier molecular flexibility index (Phi) is 6.40. The first-order valence-corrected chi connectivity index (χ1v) is 8.18. The van der Waals surface area contributed by atoms with Crippen LogP contribution in [-0.2, 0) is 19.1 Å². The molecule has 1 atom stereocenters. The molecular formula is C17H18F4N2O4. The first kappa shape index (κ1) is 20.7. The molecule has 0 aromatic heterocycles. The number of amides is 2. The van der Waals surface area contributed by atoms with E-state index in [-0.39, 0.29) is 25.3 Å². The van der Waals surface area contributed by atoms with Crippen LogP contribution in [0.4, 0.5) is 23.2 Å². The molecule has 148 valence electrons. The molecule has 1 aromatic carbocycles. The van der Waals surface area contributed by atoms with Gasteiger partial charge in [0.2, 0.25) is 11.8 Å². The van der Waals surface area contributed by atoms with Gasteiger partial charge in [0.25, 0.3) is 0 Å². The lowest BCUT2D eigenvalue weighted by molar-refractivity contribution is -0.169. The van der Waals surface area contributed by atoms with Crippen molar-refractivity contribution >= 4 is 23.5 Å². The SMILES string of the molecule is CCOC(=O)CN(CC(F)(F)F)C(=O)C1CC(=O)N(c2ccccc2F)C1. The zero-order valence-corrected chi connectivity index (χ0v) is 14.5. The number of rotatable bonds is 6. The number of ether oxygens (including phenoxy) is 1. The van der Waals surface area contributed by atoms with Crippen LogP contribution in [0.15, 0.2) is 24.3 Å². The van der Waals surface area contributed by atoms with Crippen molar-refractivity contribution in [2.24, 2.45) is 5.92 Å². The second kappa shape index (κ2) is 8.36. The molecular weight excluding hydrogens is 372 g/mol. The molecule has 1 unspecified atom stereocenters. The molecule has 0 saturated carbocycles. The van der Waals surface area contributed by atoms with E-state index in [1.54, 1.807) is 0 Å². The van der Waals surface area contributed by atoms with Crippen LogP contribution in [0, 0.1) is 11.7 Å². The van der Waals surface area contributed by atoms with Gasteiger partial charge < -0.3 is 14.5 Å². The number of nitrogens with zero attached hydrogens (tertiary/aromatic N) is 2.